The number of nitrogens with zero attached hydrogens (tertiary/aromatic N) is 1. The Morgan fingerprint density at radius 2 is 1.91 bits per heavy atom. The number of nitrogens with one attached hydrogen (secondary N) is 1. The maximum Gasteiger partial charge on any atom is 0.0595 e. The Morgan fingerprint density at radius 1 is 1.18 bits per heavy atom. The molecule has 2 rings (SSSR count). The summed E-state index contributed by atoms with van der Waals surface area (Å²) in [5, 5.41) is 13.7. The van der Waals surface area contributed by atoms with Gasteiger partial charge in [-0.1, -0.05) is 29.3 Å². The molecular weight excluding hydrogens is 343 g/mol. The molecular formula is C16H25Cl3N2O. The molecule has 0 aliphatic carbocycles. The molecule has 126 valence electrons. The Labute approximate surface area is 149 Å². The Kier molecular flexibility index (Phi) is 9.73. The van der Waals surface area contributed by atoms with Crippen molar-refractivity contribution in [1.29, 1.82) is 0 Å². The van der Waals surface area contributed by atoms with Gasteiger partial charge in [-0.05, 0) is 56.0 Å². The van der Waals surface area contributed by atoms with Crippen LogP contribution in [0.15, 0.2) is 18.2 Å². The van der Waals surface area contributed by atoms with Crippen molar-refractivity contribution in [2.75, 3.05) is 32.8 Å². The first kappa shape index (κ1) is 20.0. The monoisotopic (exact) mass is 366 g/mol. The highest BCUT2D eigenvalue weighted by Crippen LogP contribution is 2.24. The molecule has 1 aliphatic rings. The minimum absolute atomic E-state index is 0. The zero-order valence-corrected chi connectivity index (χ0v) is 15.1. The first-order valence-electron chi connectivity index (χ1n) is 7.67. The van der Waals surface area contributed by atoms with E-state index in [2.05, 4.69) is 10.2 Å². The van der Waals surface area contributed by atoms with Gasteiger partial charge in [-0.15, -0.1) is 12.4 Å². The highest BCUT2D eigenvalue weighted by atomic mass is 35.5. The Bertz CT molecular complexity index is 439. The fourth-order valence-electron chi connectivity index (χ4n) is 2.85. The van der Waals surface area contributed by atoms with Crippen molar-refractivity contribution < 1.29 is 5.11 Å². The molecule has 3 nitrogen and oxygen atoms in total. The molecule has 2 N–H and O–H groups in total. The molecule has 0 bridgehead atoms. The fraction of sp³-hybridized carbons (Fsp3) is 0.625. The van der Waals surface area contributed by atoms with E-state index in [0.717, 1.165) is 45.1 Å². The summed E-state index contributed by atoms with van der Waals surface area (Å²) >= 11 is 12.1. The zero-order valence-electron chi connectivity index (χ0n) is 12.7. The topological polar surface area (TPSA) is 35.5 Å². The van der Waals surface area contributed by atoms with Crippen LogP contribution in [0.1, 0.15) is 24.8 Å². The minimum atomic E-state index is 0. The van der Waals surface area contributed by atoms with Gasteiger partial charge >= 0.3 is 0 Å². The maximum atomic E-state index is 9.09. The fourth-order valence-corrected chi connectivity index (χ4v) is 3.18. The van der Waals surface area contributed by atoms with Gasteiger partial charge in [0.2, 0.25) is 0 Å². The highest BCUT2D eigenvalue weighted by Gasteiger charge is 2.17. The number of halogens is 3. The number of rotatable bonds is 7. The number of aliphatic hydroxyl groups is 1. The molecule has 6 heteroatoms. The van der Waals surface area contributed by atoms with Crippen molar-refractivity contribution >= 4 is 35.6 Å². The molecule has 0 aromatic heterocycles. The second kappa shape index (κ2) is 10.7. The number of hydrogen-bond acceptors (Lipinski definition) is 3. The molecule has 0 unspecified atom stereocenters. The summed E-state index contributed by atoms with van der Waals surface area (Å²) in [7, 11) is 0. The molecule has 0 radical (unpaired) electrons. The summed E-state index contributed by atoms with van der Waals surface area (Å²) < 4.78 is 0. The van der Waals surface area contributed by atoms with E-state index in [4.69, 9.17) is 28.3 Å². The van der Waals surface area contributed by atoms with Crippen LogP contribution in [-0.2, 0) is 6.54 Å². The first-order valence-corrected chi connectivity index (χ1v) is 8.42. The van der Waals surface area contributed by atoms with Gasteiger partial charge in [0.05, 0.1) is 10.0 Å². The van der Waals surface area contributed by atoms with E-state index in [9.17, 15) is 0 Å². The second-order valence-electron chi connectivity index (χ2n) is 5.75. The molecule has 1 aromatic carbocycles. The Balaban J connectivity index is 0.00000242. The van der Waals surface area contributed by atoms with Crippen molar-refractivity contribution in [2.45, 2.75) is 25.8 Å². The molecule has 1 aromatic rings. The van der Waals surface area contributed by atoms with Crippen LogP contribution in [0.25, 0.3) is 0 Å². The number of hydrogen-bond donors (Lipinski definition) is 2. The molecule has 0 spiro atoms. The normalized spacial score (nSPS) is 15.8. The second-order valence-corrected chi connectivity index (χ2v) is 6.57. The van der Waals surface area contributed by atoms with Crippen LogP contribution in [0.2, 0.25) is 10.0 Å². The average molecular weight is 368 g/mol. The van der Waals surface area contributed by atoms with Crippen LogP contribution in [0.5, 0.6) is 0 Å². The van der Waals surface area contributed by atoms with Crippen LogP contribution in [-0.4, -0.2) is 42.8 Å². The largest absolute Gasteiger partial charge is 0.396 e. The van der Waals surface area contributed by atoms with Gasteiger partial charge in [0, 0.05) is 26.2 Å². The van der Waals surface area contributed by atoms with Crippen molar-refractivity contribution in [3.63, 3.8) is 0 Å². The smallest absolute Gasteiger partial charge is 0.0595 e. The van der Waals surface area contributed by atoms with Crippen LogP contribution < -0.4 is 5.32 Å². The Hall–Kier alpha value is -0.0300. The average Bonchev–Trinajstić information content (AvgIpc) is 2.49. The molecule has 1 saturated heterocycles. The third-order valence-corrected chi connectivity index (χ3v) is 4.74. The van der Waals surface area contributed by atoms with Gasteiger partial charge in [0.15, 0.2) is 0 Å². The van der Waals surface area contributed by atoms with E-state index < -0.39 is 0 Å². The van der Waals surface area contributed by atoms with E-state index in [1.165, 1.54) is 18.4 Å². The third-order valence-electron chi connectivity index (χ3n) is 4.00. The quantitative estimate of drug-likeness (QED) is 0.773. The van der Waals surface area contributed by atoms with Gasteiger partial charge in [0.25, 0.3) is 0 Å². The summed E-state index contributed by atoms with van der Waals surface area (Å²) in [5.74, 6) is 0.743. The van der Waals surface area contributed by atoms with Crippen molar-refractivity contribution in [3.8, 4) is 0 Å². The summed E-state index contributed by atoms with van der Waals surface area (Å²) in [6.45, 7) is 5.34. The van der Waals surface area contributed by atoms with Crippen molar-refractivity contribution in [2.24, 2.45) is 5.92 Å². The molecule has 1 fully saturated rings. The molecule has 0 amide bonds. The van der Waals surface area contributed by atoms with Crippen molar-refractivity contribution in [3.05, 3.63) is 33.8 Å². The van der Waals surface area contributed by atoms with Crippen LogP contribution >= 0.6 is 35.6 Å². The molecule has 1 heterocycles. The lowest BCUT2D eigenvalue weighted by molar-refractivity contribution is 0.178. The van der Waals surface area contributed by atoms with Gasteiger partial charge in [-0.2, -0.15) is 0 Å². The SMILES string of the molecule is Cl.OCCCN(Cc1ccc(Cl)c(Cl)c1)CC1CCNCC1. The van der Waals surface area contributed by atoms with E-state index >= 15 is 0 Å². The summed E-state index contributed by atoms with van der Waals surface area (Å²) in [6, 6.07) is 5.83. The number of piperidine rings is 1. The van der Waals surface area contributed by atoms with E-state index in [1.807, 2.05) is 18.2 Å². The molecule has 1 aliphatic heterocycles. The maximum absolute atomic E-state index is 9.09. The summed E-state index contributed by atoms with van der Waals surface area (Å²) in [6.07, 6.45) is 3.28. The highest BCUT2D eigenvalue weighted by molar-refractivity contribution is 6.42. The van der Waals surface area contributed by atoms with E-state index in [1.54, 1.807) is 0 Å². The molecule has 22 heavy (non-hydrogen) atoms. The lowest BCUT2D eigenvalue weighted by Crippen LogP contribution is -2.36. The van der Waals surface area contributed by atoms with Crippen molar-refractivity contribution in [1.82, 2.24) is 10.2 Å². The summed E-state index contributed by atoms with van der Waals surface area (Å²) in [4.78, 5) is 2.42. The number of benzene rings is 1. The standard InChI is InChI=1S/C16H24Cl2N2O.ClH/c17-15-3-2-14(10-16(15)18)12-20(8-1-9-21)11-13-4-6-19-7-5-13;/h2-3,10,13,19,21H,1,4-9,11-12H2;1H. The lowest BCUT2D eigenvalue weighted by atomic mass is 9.97. The third kappa shape index (κ3) is 6.61. The minimum Gasteiger partial charge on any atom is -0.396 e. The van der Waals surface area contributed by atoms with Gasteiger partial charge in [-0.25, -0.2) is 0 Å². The van der Waals surface area contributed by atoms with Gasteiger partial charge < -0.3 is 10.4 Å². The number of aliphatic hydroxyl groups excluding tert-OH is 1. The predicted molar refractivity (Wildman–Crippen MR) is 96.3 cm³/mol. The van der Waals surface area contributed by atoms with Gasteiger partial charge in [-0.3, -0.25) is 4.90 Å². The first-order chi connectivity index (χ1) is 10.2. The van der Waals surface area contributed by atoms with Gasteiger partial charge in [0.1, 0.15) is 0 Å². The van der Waals surface area contributed by atoms with E-state index in [-0.39, 0.29) is 19.0 Å². The predicted octanol–water partition coefficient (Wildman–Crippen LogP) is 3.60. The van der Waals surface area contributed by atoms with Crippen LogP contribution in [0.3, 0.4) is 0 Å². The molecule has 0 saturated carbocycles. The zero-order chi connectivity index (χ0) is 15.1. The summed E-state index contributed by atoms with van der Waals surface area (Å²) in [5.41, 5.74) is 1.18. The lowest BCUT2D eigenvalue weighted by Gasteiger charge is -2.30. The van der Waals surface area contributed by atoms with Crippen LogP contribution in [0.4, 0.5) is 0 Å². The Morgan fingerprint density at radius 3 is 2.55 bits per heavy atom. The van der Waals surface area contributed by atoms with Crippen LogP contribution in [0, 0.1) is 5.92 Å². The molecule has 0 atom stereocenters. The van der Waals surface area contributed by atoms with E-state index in [0.29, 0.717) is 10.0 Å².